The minimum absolute atomic E-state index is 0.381. The van der Waals surface area contributed by atoms with Gasteiger partial charge in [-0.2, -0.15) is 0 Å². The number of rotatable bonds is 2. The fourth-order valence-electron chi connectivity index (χ4n) is 1.62. The summed E-state index contributed by atoms with van der Waals surface area (Å²) in [5.41, 5.74) is 0.381. The van der Waals surface area contributed by atoms with Crippen molar-refractivity contribution in [3.8, 4) is 0 Å². The van der Waals surface area contributed by atoms with Crippen molar-refractivity contribution in [3.05, 3.63) is 0 Å². The van der Waals surface area contributed by atoms with E-state index in [0.29, 0.717) is 11.6 Å². The Hall–Kier alpha value is -0.0800. The lowest BCUT2D eigenvalue weighted by Crippen LogP contribution is -2.61. The number of hydrogen-bond donors (Lipinski definition) is 2. The van der Waals surface area contributed by atoms with Crippen molar-refractivity contribution in [2.45, 2.75) is 45.2 Å². The van der Waals surface area contributed by atoms with Crippen molar-refractivity contribution in [1.82, 2.24) is 10.6 Å². The summed E-state index contributed by atoms with van der Waals surface area (Å²) in [6, 6.07) is 0.640. The molecule has 0 amide bonds. The molecule has 0 radical (unpaired) electrons. The topological polar surface area (TPSA) is 24.1 Å². The van der Waals surface area contributed by atoms with Crippen LogP contribution in [0.2, 0.25) is 0 Å². The van der Waals surface area contributed by atoms with Gasteiger partial charge in [0.15, 0.2) is 0 Å². The molecule has 0 aromatic carbocycles. The van der Waals surface area contributed by atoms with Crippen molar-refractivity contribution in [2.24, 2.45) is 0 Å². The summed E-state index contributed by atoms with van der Waals surface area (Å²) in [5, 5.41) is 7.13. The highest BCUT2D eigenvalue weighted by molar-refractivity contribution is 4.93. The Morgan fingerprint density at radius 1 is 1.36 bits per heavy atom. The van der Waals surface area contributed by atoms with E-state index in [0.717, 1.165) is 13.1 Å². The average Bonchev–Trinajstić information content (AvgIpc) is 2.07. The molecule has 1 unspecified atom stereocenters. The van der Waals surface area contributed by atoms with Gasteiger partial charge in [0, 0.05) is 24.7 Å². The van der Waals surface area contributed by atoms with E-state index < -0.39 is 0 Å². The third kappa shape index (κ3) is 1.94. The molecule has 1 rings (SSSR count). The fraction of sp³-hybridized carbons (Fsp3) is 1.00. The van der Waals surface area contributed by atoms with Crippen molar-refractivity contribution >= 4 is 0 Å². The Labute approximate surface area is 69.8 Å². The highest BCUT2D eigenvalue weighted by Crippen LogP contribution is 2.16. The van der Waals surface area contributed by atoms with E-state index in [2.05, 4.69) is 31.4 Å². The summed E-state index contributed by atoms with van der Waals surface area (Å²) in [4.78, 5) is 0. The summed E-state index contributed by atoms with van der Waals surface area (Å²) in [5.74, 6) is 0. The monoisotopic (exact) mass is 156 g/mol. The van der Waals surface area contributed by atoms with E-state index >= 15 is 0 Å². The van der Waals surface area contributed by atoms with E-state index in [9.17, 15) is 0 Å². The molecule has 0 spiro atoms. The van der Waals surface area contributed by atoms with E-state index in [1.165, 1.54) is 12.8 Å². The molecule has 1 fully saturated rings. The minimum Gasteiger partial charge on any atom is -0.311 e. The molecule has 2 N–H and O–H groups in total. The van der Waals surface area contributed by atoms with Crippen molar-refractivity contribution < 1.29 is 0 Å². The van der Waals surface area contributed by atoms with E-state index in [1.807, 2.05) is 0 Å². The normalized spacial score (nSPS) is 30.3. The molecule has 2 nitrogen and oxygen atoms in total. The second-order valence-electron chi connectivity index (χ2n) is 3.65. The molecule has 66 valence electrons. The zero-order chi connectivity index (χ0) is 8.32. The van der Waals surface area contributed by atoms with Crippen molar-refractivity contribution in [2.75, 3.05) is 13.1 Å². The van der Waals surface area contributed by atoms with Crippen LogP contribution in [0, 0.1) is 0 Å². The van der Waals surface area contributed by atoms with Gasteiger partial charge in [-0.1, -0.05) is 13.8 Å². The molecule has 11 heavy (non-hydrogen) atoms. The van der Waals surface area contributed by atoms with Crippen LogP contribution in [0.5, 0.6) is 0 Å². The third-order valence-electron chi connectivity index (χ3n) is 2.93. The highest BCUT2D eigenvalue weighted by atomic mass is 15.1. The van der Waals surface area contributed by atoms with Crippen LogP contribution in [0.1, 0.15) is 33.6 Å². The Kier molecular flexibility index (Phi) is 2.90. The summed E-state index contributed by atoms with van der Waals surface area (Å²) in [7, 11) is 0. The maximum atomic E-state index is 3.62. The maximum Gasteiger partial charge on any atom is 0.0301 e. The van der Waals surface area contributed by atoms with Crippen molar-refractivity contribution in [3.63, 3.8) is 0 Å². The second kappa shape index (κ2) is 3.55. The molecule has 0 saturated carbocycles. The van der Waals surface area contributed by atoms with Crippen LogP contribution in [0.3, 0.4) is 0 Å². The lowest BCUT2D eigenvalue weighted by molar-refractivity contribution is 0.226. The largest absolute Gasteiger partial charge is 0.311 e. The molecule has 1 aliphatic rings. The SMILES string of the molecule is CCC1(CC)CNC(C)CN1. The van der Waals surface area contributed by atoms with Gasteiger partial charge in [-0.25, -0.2) is 0 Å². The molecule has 0 aromatic heterocycles. The predicted octanol–water partition coefficient (Wildman–Crippen LogP) is 1.13. The summed E-state index contributed by atoms with van der Waals surface area (Å²) >= 11 is 0. The van der Waals surface area contributed by atoms with E-state index in [4.69, 9.17) is 0 Å². The number of hydrogen-bond acceptors (Lipinski definition) is 2. The lowest BCUT2D eigenvalue weighted by atomic mass is 9.90. The third-order valence-corrected chi connectivity index (χ3v) is 2.93. The molecule has 0 bridgehead atoms. The lowest BCUT2D eigenvalue weighted by Gasteiger charge is -2.40. The Morgan fingerprint density at radius 2 is 2.00 bits per heavy atom. The maximum absolute atomic E-state index is 3.62. The first-order valence-electron chi connectivity index (χ1n) is 4.71. The van der Waals surface area contributed by atoms with E-state index in [-0.39, 0.29) is 0 Å². The molecule has 2 heteroatoms. The zero-order valence-corrected chi connectivity index (χ0v) is 7.91. The molecular weight excluding hydrogens is 136 g/mol. The quantitative estimate of drug-likeness (QED) is 0.626. The molecule has 1 saturated heterocycles. The summed E-state index contributed by atoms with van der Waals surface area (Å²) < 4.78 is 0. The smallest absolute Gasteiger partial charge is 0.0301 e. The van der Waals surface area contributed by atoms with Gasteiger partial charge in [0.05, 0.1) is 0 Å². The number of piperazine rings is 1. The average molecular weight is 156 g/mol. The first-order chi connectivity index (χ1) is 5.22. The van der Waals surface area contributed by atoms with E-state index in [1.54, 1.807) is 0 Å². The molecule has 1 atom stereocenters. The van der Waals surface area contributed by atoms with Gasteiger partial charge < -0.3 is 10.6 Å². The molecule has 1 heterocycles. The summed E-state index contributed by atoms with van der Waals surface area (Å²) in [6.45, 7) is 8.98. The standard InChI is InChI=1S/C9H20N2/c1-4-9(5-2)7-10-8(3)6-11-9/h8,10-11H,4-7H2,1-3H3. The Balaban J connectivity index is 2.45. The highest BCUT2D eigenvalue weighted by Gasteiger charge is 2.29. The minimum atomic E-state index is 0.381. The van der Waals surface area contributed by atoms with Gasteiger partial charge in [0.1, 0.15) is 0 Å². The predicted molar refractivity (Wildman–Crippen MR) is 48.8 cm³/mol. The van der Waals surface area contributed by atoms with Crippen LogP contribution in [-0.2, 0) is 0 Å². The first-order valence-corrected chi connectivity index (χ1v) is 4.71. The summed E-state index contributed by atoms with van der Waals surface area (Å²) in [6.07, 6.45) is 2.45. The zero-order valence-electron chi connectivity index (χ0n) is 7.91. The molecule has 0 aliphatic carbocycles. The Bertz CT molecular complexity index is 109. The number of nitrogens with one attached hydrogen (secondary N) is 2. The first kappa shape index (κ1) is 9.01. The van der Waals surface area contributed by atoms with Crippen molar-refractivity contribution in [1.29, 1.82) is 0 Å². The molecular formula is C9H20N2. The second-order valence-corrected chi connectivity index (χ2v) is 3.65. The van der Waals surface area contributed by atoms with Crippen LogP contribution >= 0.6 is 0 Å². The molecule has 0 aromatic rings. The van der Waals surface area contributed by atoms with Crippen LogP contribution in [0.15, 0.2) is 0 Å². The van der Waals surface area contributed by atoms with Gasteiger partial charge in [-0.15, -0.1) is 0 Å². The van der Waals surface area contributed by atoms with Gasteiger partial charge in [-0.3, -0.25) is 0 Å². The van der Waals surface area contributed by atoms with Gasteiger partial charge in [0.2, 0.25) is 0 Å². The van der Waals surface area contributed by atoms with Gasteiger partial charge in [0.25, 0.3) is 0 Å². The van der Waals surface area contributed by atoms with Crippen LogP contribution < -0.4 is 10.6 Å². The van der Waals surface area contributed by atoms with Gasteiger partial charge >= 0.3 is 0 Å². The van der Waals surface area contributed by atoms with Crippen LogP contribution in [-0.4, -0.2) is 24.7 Å². The molecule has 1 aliphatic heterocycles. The Morgan fingerprint density at radius 3 is 2.36 bits per heavy atom. The fourth-order valence-corrected chi connectivity index (χ4v) is 1.62. The van der Waals surface area contributed by atoms with Gasteiger partial charge in [-0.05, 0) is 19.8 Å². The van der Waals surface area contributed by atoms with Crippen LogP contribution in [0.4, 0.5) is 0 Å². The van der Waals surface area contributed by atoms with Crippen LogP contribution in [0.25, 0.3) is 0 Å².